The molecule has 1 aromatic rings. The van der Waals surface area contributed by atoms with Gasteiger partial charge in [0.2, 0.25) is 11.5 Å². The topological polar surface area (TPSA) is 128 Å². The van der Waals surface area contributed by atoms with Crippen molar-refractivity contribution in [3.8, 4) is 0 Å². The van der Waals surface area contributed by atoms with Crippen LogP contribution < -0.4 is 10.2 Å². The number of hydrogen-bond acceptors (Lipinski definition) is 7. The molecule has 1 aromatic heterocycles. The first-order valence-corrected chi connectivity index (χ1v) is 8.69. The number of ether oxygens (including phenoxy) is 1. The third kappa shape index (κ3) is 2.99. The highest BCUT2D eigenvalue weighted by molar-refractivity contribution is 5.98. The molecule has 1 saturated heterocycles. The summed E-state index contributed by atoms with van der Waals surface area (Å²) in [6.07, 6.45) is 0.929. The number of rotatable bonds is 7. The van der Waals surface area contributed by atoms with Crippen LogP contribution in [-0.4, -0.2) is 33.8 Å². The normalized spacial score (nSPS) is 23.7. The van der Waals surface area contributed by atoms with E-state index < -0.39 is 28.7 Å². The van der Waals surface area contributed by atoms with Gasteiger partial charge in [0, 0.05) is 18.8 Å². The van der Waals surface area contributed by atoms with Crippen LogP contribution in [0, 0.1) is 10.1 Å². The lowest BCUT2D eigenvalue weighted by atomic mass is 10.0. The lowest BCUT2D eigenvalue weighted by Crippen LogP contribution is -2.54. The Morgan fingerprint density at radius 2 is 2.15 bits per heavy atom. The van der Waals surface area contributed by atoms with E-state index >= 15 is 0 Å². The van der Waals surface area contributed by atoms with Crippen LogP contribution in [0.15, 0.2) is 4.52 Å². The molecular formula is C16H24N4O6. The van der Waals surface area contributed by atoms with Crippen molar-refractivity contribution in [3.05, 3.63) is 15.9 Å². The summed E-state index contributed by atoms with van der Waals surface area (Å²) in [6.45, 7) is 8.67. The summed E-state index contributed by atoms with van der Waals surface area (Å²) in [6, 6.07) is -1.21. The summed E-state index contributed by atoms with van der Waals surface area (Å²) < 4.78 is 10.8. The fourth-order valence-electron chi connectivity index (χ4n) is 3.06. The SMILES string of the molecule is CCC(=O)OC1(CC)C(C)NC(=O)N1c1noc(C(C)CC)c1[N+](=O)[O-]. The molecule has 2 amide bonds. The highest BCUT2D eigenvalue weighted by Gasteiger charge is 2.57. The number of carbonyl (C=O) groups excluding carboxylic acids is 2. The predicted octanol–water partition coefficient (Wildman–Crippen LogP) is 3.07. The summed E-state index contributed by atoms with van der Waals surface area (Å²) in [4.78, 5) is 36.7. The van der Waals surface area contributed by atoms with E-state index in [1.165, 1.54) is 0 Å². The Hall–Kier alpha value is -2.65. The van der Waals surface area contributed by atoms with Crippen molar-refractivity contribution in [1.29, 1.82) is 0 Å². The fourth-order valence-corrected chi connectivity index (χ4v) is 3.06. The van der Waals surface area contributed by atoms with Crippen LogP contribution in [0.4, 0.5) is 16.3 Å². The average molecular weight is 368 g/mol. The molecule has 10 nitrogen and oxygen atoms in total. The molecule has 1 aliphatic rings. The second-order valence-corrected chi connectivity index (χ2v) is 6.32. The van der Waals surface area contributed by atoms with Crippen molar-refractivity contribution < 1.29 is 23.8 Å². The van der Waals surface area contributed by atoms with E-state index in [9.17, 15) is 19.7 Å². The van der Waals surface area contributed by atoms with E-state index in [4.69, 9.17) is 9.26 Å². The zero-order valence-corrected chi connectivity index (χ0v) is 15.6. The molecular weight excluding hydrogens is 344 g/mol. The molecule has 144 valence electrons. The van der Waals surface area contributed by atoms with Crippen LogP contribution in [0.25, 0.3) is 0 Å². The molecule has 2 rings (SSSR count). The minimum atomic E-state index is -1.42. The van der Waals surface area contributed by atoms with Crippen LogP contribution >= 0.6 is 0 Å². The maximum Gasteiger partial charge on any atom is 0.356 e. The summed E-state index contributed by atoms with van der Waals surface area (Å²) >= 11 is 0. The van der Waals surface area contributed by atoms with Crippen molar-refractivity contribution in [1.82, 2.24) is 10.5 Å². The van der Waals surface area contributed by atoms with Gasteiger partial charge in [-0.2, -0.15) is 0 Å². The van der Waals surface area contributed by atoms with Gasteiger partial charge in [-0.3, -0.25) is 14.9 Å². The van der Waals surface area contributed by atoms with Gasteiger partial charge in [0.15, 0.2) is 0 Å². The van der Waals surface area contributed by atoms with Crippen LogP contribution in [0.3, 0.4) is 0 Å². The summed E-state index contributed by atoms with van der Waals surface area (Å²) in [5.41, 5.74) is -1.80. The van der Waals surface area contributed by atoms with Crippen molar-refractivity contribution in [2.24, 2.45) is 0 Å². The number of amides is 2. The lowest BCUT2D eigenvalue weighted by molar-refractivity contribution is -0.385. The van der Waals surface area contributed by atoms with Gasteiger partial charge in [-0.05, 0) is 13.3 Å². The zero-order chi connectivity index (χ0) is 19.6. The molecule has 0 aliphatic carbocycles. The molecule has 0 radical (unpaired) electrons. The summed E-state index contributed by atoms with van der Waals surface area (Å²) in [5, 5.41) is 18.2. The Morgan fingerprint density at radius 1 is 1.50 bits per heavy atom. The van der Waals surface area contributed by atoms with Crippen molar-refractivity contribution >= 4 is 23.5 Å². The molecule has 10 heteroatoms. The lowest BCUT2D eigenvalue weighted by Gasteiger charge is -2.36. The first-order valence-electron chi connectivity index (χ1n) is 8.69. The van der Waals surface area contributed by atoms with Gasteiger partial charge in [0.05, 0.1) is 11.0 Å². The molecule has 0 saturated carbocycles. The first-order chi connectivity index (χ1) is 12.2. The molecule has 0 aromatic carbocycles. The van der Waals surface area contributed by atoms with Crippen LogP contribution in [0.1, 0.15) is 65.6 Å². The van der Waals surface area contributed by atoms with Gasteiger partial charge < -0.3 is 14.6 Å². The molecule has 0 spiro atoms. The average Bonchev–Trinajstić information content (AvgIpc) is 3.13. The Labute approximate surface area is 151 Å². The Kier molecular flexibility index (Phi) is 5.53. The number of carbonyl (C=O) groups is 2. The predicted molar refractivity (Wildman–Crippen MR) is 91.7 cm³/mol. The van der Waals surface area contributed by atoms with Crippen LogP contribution in [0.2, 0.25) is 0 Å². The molecule has 3 atom stereocenters. The fraction of sp³-hybridized carbons (Fsp3) is 0.688. The van der Waals surface area contributed by atoms with E-state index in [2.05, 4.69) is 10.5 Å². The van der Waals surface area contributed by atoms with E-state index in [1.807, 2.05) is 6.92 Å². The van der Waals surface area contributed by atoms with Gasteiger partial charge in [0.1, 0.15) is 0 Å². The number of hydrogen-bond donors (Lipinski definition) is 1. The molecule has 1 fully saturated rings. The maximum absolute atomic E-state index is 12.6. The minimum Gasteiger partial charge on any atom is -0.436 e. The second-order valence-electron chi connectivity index (χ2n) is 6.32. The summed E-state index contributed by atoms with van der Waals surface area (Å²) in [7, 11) is 0. The summed E-state index contributed by atoms with van der Waals surface area (Å²) in [5.74, 6) is -0.938. The van der Waals surface area contributed by atoms with Crippen LogP contribution in [-0.2, 0) is 9.53 Å². The number of nitrogens with one attached hydrogen (secondary N) is 1. The number of anilines is 1. The van der Waals surface area contributed by atoms with Crippen molar-refractivity contribution in [2.45, 2.75) is 71.6 Å². The number of nitrogens with zero attached hydrogens (tertiary/aromatic N) is 3. The number of nitro groups is 1. The second kappa shape index (κ2) is 7.30. The largest absolute Gasteiger partial charge is 0.436 e. The van der Waals surface area contributed by atoms with E-state index in [0.29, 0.717) is 6.42 Å². The Morgan fingerprint density at radius 3 is 2.65 bits per heavy atom. The number of urea groups is 1. The van der Waals surface area contributed by atoms with E-state index in [0.717, 1.165) is 4.90 Å². The number of aromatic nitrogens is 1. The van der Waals surface area contributed by atoms with Gasteiger partial charge >= 0.3 is 17.7 Å². The van der Waals surface area contributed by atoms with Gasteiger partial charge in [0.25, 0.3) is 5.82 Å². The quantitative estimate of drug-likeness (QED) is 0.445. The molecule has 1 aliphatic heterocycles. The highest BCUT2D eigenvalue weighted by atomic mass is 16.6. The standard InChI is InChI=1S/C16H24N4O6/c1-6-9(4)13-12(20(23)24)14(18-26-13)19-15(22)17-10(5)16(19,8-3)25-11(21)7-2/h9-10H,6-8H2,1-5H3,(H,17,22). The monoisotopic (exact) mass is 368 g/mol. The Balaban J connectivity index is 2.63. The maximum atomic E-state index is 12.6. The molecule has 0 bridgehead atoms. The van der Waals surface area contributed by atoms with Crippen LogP contribution in [0.5, 0.6) is 0 Å². The molecule has 1 N–H and O–H groups in total. The first kappa shape index (κ1) is 19.7. The third-order valence-corrected chi connectivity index (χ3v) is 4.81. The van der Waals surface area contributed by atoms with Gasteiger partial charge in [-0.25, -0.2) is 9.69 Å². The van der Waals surface area contributed by atoms with Crippen molar-refractivity contribution in [2.75, 3.05) is 4.90 Å². The van der Waals surface area contributed by atoms with E-state index in [1.54, 1.807) is 27.7 Å². The molecule has 3 unspecified atom stereocenters. The zero-order valence-electron chi connectivity index (χ0n) is 15.6. The Bertz CT molecular complexity index is 718. The van der Waals surface area contributed by atoms with Gasteiger partial charge in [-0.15, -0.1) is 0 Å². The smallest absolute Gasteiger partial charge is 0.356 e. The highest BCUT2D eigenvalue weighted by Crippen LogP contribution is 2.43. The van der Waals surface area contributed by atoms with Gasteiger partial charge in [-0.1, -0.05) is 32.9 Å². The third-order valence-electron chi connectivity index (χ3n) is 4.81. The minimum absolute atomic E-state index is 0.0895. The van der Waals surface area contributed by atoms with E-state index in [-0.39, 0.29) is 36.0 Å². The molecule has 2 heterocycles. The molecule has 26 heavy (non-hydrogen) atoms. The van der Waals surface area contributed by atoms with Crippen molar-refractivity contribution in [3.63, 3.8) is 0 Å². The number of esters is 1.